The summed E-state index contributed by atoms with van der Waals surface area (Å²) in [6.07, 6.45) is 0.762. The van der Waals surface area contributed by atoms with Crippen LogP contribution in [-0.4, -0.2) is 30.0 Å². The van der Waals surface area contributed by atoms with Crippen molar-refractivity contribution in [2.45, 2.75) is 124 Å². The maximum absolute atomic E-state index is 5.19. The van der Waals surface area contributed by atoms with Gasteiger partial charge in [-0.3, -0.25) is 0 Å². The van der Waals surface area contributed by atoms with Gasteiger partial charge in [0.05, 0.1) is 13.1 Å². The number of hydrogen-bond donors (Lipinski definition) is 0. The average molecular weight is 807 g/mol. The minimum atomic E-state index is 0.0773. The zero-order valence-electron chi connectivity index (χ0n) is 38.4. The van der Waals surface area contributed by atoms with Gasteiger partial charge in [0.2, 0.25) is 0 Å². The molecule has 8 aromatic rings. The van der Waals surface area contributed by atoms with Crippen molar-refractivity contribution in [2.75, 3.05) is 0 Å². The normalized spacial score (nSPS) is 12.8. The molecule has 0 saturated heterocycles. The summed E-state index contributed by atoms with van der Waals surface area (Å²) in [4.78, 5) is 3.75. The van der Waals surface area contributed by atoms with E-state index < -0.39 is 0 Å². The van der Waals surface area contributed by atoms with Crippen LogP contribution in [0.15, 0.2) is 121 Å². The number of aryl methyl sites for hydroxylation is 2. The summed E-state index contributed by atoms with van der Waals surface area (Å²) < 4.78 is 0. The maximum Gasteiger partial charge on any atom is 0.121 e. The van der Waals surface area contributed by atoms with Crippen LogP contribution in [0.4, 0.5) is 0 Å². The molecular weight excluding hydrogens is 745 g/mol. The van der Waals surface area contributed by atoms with E-state index in [1.165, 1.54) is 22.3 Å². The summed E-state index contributed by atoms with van der Waals surface area (Å²) in [5, 5.41) is 20.8. The van der Waals surface area contributed by atoms with Crippen molar-refractivity contribution in [2.24, 2.45) is 0 Å². The van der Waals surface area contributed by atoms with Gasteiger partial charge in [-0.1, -0.05) is 204 Å². The highest BCUT2D eigenvalue weighted by Gasteiger charge is 2.21. The highest BCUT2D eigenvalue weighted by Crippen LogP contribution is 2.38. The van der Waals surface area contributed by atoms with E-state index >= 15 is 0 Å². The van der Waals surface area contributed by atoms with Crippen molar-refractivity contribution in [3.05, 3.63) is 144 Å². The summed E-state index contributed by atoms with van der Waals surface area (Å²) in [5.41, 5.74) is 18.1. The second kappa shape index (κ2) is 15.5. The molecule has 6 aromatic carbocycles. The van der Waals surface area contributed by atoms with Gasteiger partial charge in [0.25, 0.3) is 0 Å². The summed E-state index contributed by atoms with van der Waals surface area (Å²) in [5.74, 6) is 0. The van der Waals surface area contributed by atoms with Gasteiger partial charge in [-0.05, 0) is 72.6 Å². The number of aromatic nitrogens is 6. The van der Waals surface area contributed by atoms with E-state index in [2.05, 4.69) is 204 Å². The molecule has 312 valence electrons. The molecule has 0 N–H and O–H groups in total. The molecule has 0 radical (unpaired) electrons. The molecule has 0 amide bonds. The lowest BCUT2D eigenvalue weighted by Crippen LogP contribution is -2.10. The molecule has 2 aromatic heterocycles. The first kappa shape index (κ1) is 41.8. The molecule has 0 bridgehead atoms. The molecule has 6 heteroatoms. The number of nitrogens with zero attached hydrogens (tertiary/aromatic N) is 6. The van der Waals surface area contributed by atoms with E-state index in [9.17, 15) is 0 Å². The molecule has 0 unspecified atom stereocenters. The van der Waals surface area contributed by atoms with Gasteiger partial charge in [-0.2, -0.15) is 30.0 Å². The van der Waals surface area contributed by atoms with Crippen LogP contribution in [0.3, 0.4) is 0 Å². The monoisotopic (exact) mass is 807 g/mol. The third-order valence-corrected chi connectivity index (χ3v) is 12.1. The predicted octanol–water partition coefficient (Wildman–Crippen LogP) is 14.1. The van der Waals surface area contributed by atoms with Crippen molar-refractivity contribution in [3.8, 4) is 44.5 Å². The Morgan fingerprint density at radius 1 is 0.295 bits per heavy atom. The van der Waals surface area contributed by atoms with Gasteiger partial charge in [-0.25, -0.2) is 0 Å². The second-order valence-corrected chi connectivity index (χ2v) is 21.0. The van der Waals surface area contributed by atoms with Crippen LogP contribution in [-0.2, 0) is 34.7 Å². The van der Waals surface area contributed by atoms with Crippen molar-refractivity contribution in [1.82, 2.24) is 30.0 Å². The van der Waals surface area contributed by atoms with Gasteiger partial charge < -0.3 is 0 Å². The van der Waals surface area contributed by atoms with Gasteiger partial charge in [0.1, 0.15) is 22.1 Å². The first-order chi connectivity index (χ1) is 28.7. The van der Waals surface area contributed by atoms with Crippen molar-refractivity contribution >= 4 is 22.1 Å². The lowest BCUT2D eigenvalue weighted by Gasteiger charge is -2.19. The van der Waals surface area contributed by atoms with Crippen LogP contribution in [0, 0.1) is 0 Å². The summed E-state index contributed by atoms with van der Waals surface area (Å²) in [7, 11) is 0. The first-order valence-corrected chi connectivity index (χ1v) is 21.9. The number of benzene rings is 6. The molecule has 0 aliphatic heterocycles. The van der Waals surface area contributed by atoms with Crippen LogP contribution in [0.5, 0.6) is 0 Å². The molecule has 0 saturated carbocycles. The zero-order chi connectivity index (χ0) is 43.5. The van der Waals surface area contributed by atoms with E-state index in [4.69, 9.17) is 20.4 Å². The highest BCUT2D eigenvalue weighted by atomic mass is 15.5. The second-order valence-electron chi connectivity index (χ2n) is 21.0. The first-order valence-electron chi connectivity index (χ1n) is 21.9. The summed E-state index contributed by atoms with van der Waals surface area (Å²) >= 11 is 0. The van der Waals surface area contributed by atoms with Gasteiger partial charge in [0.15, 0.2) is 0 Å². The molecule has 0 aliphatic carbocycles. The lowest BCUT2D eigenvalue weighted by atomic mass is 9.85. The molecule has 0 aliphatic rings. The molecular formula is C55H62N6. The van der Waals surface area contributed by atoms with E-state index in [1.807, 2.05) is 9.59 Å². The molecule has 8 rings (SSSR count). The Bertz CT molecular complexity index is 2420. The van der Waals surface area contributed by atoms with Gasteiger partial charge in [0, 0.05) is 22.3 Å². The molecule has 0 fully saturated rings. The standard InChI is InChI=1S/C55H62N6/c1-52(2,3)40-22-14-36(15-23-40)44-30-31-45(37-16-24-41(25-17-37)53(4,5)6)49-48(44)56-60(57-49)34-13-35-61-58-50-46(38-18-26-42(27-19-38)54(7,8)9)32-33-47(51(50)59-61)39-20-28-43(29-21-39)55(10,11)12/h14-33H,13,34-35H2,1-12H3. The van der Waals surface area contributed by atoms with E-state index in [0.29, 0.717) is 13.1 Å². The third kappa shape index (κ3) is 8.68. The summed E-state index contributed by atoms with van der Waals surface area (Å²) in [6.45, 7) is 28.3. The Balaban J connectivity index is 1.14. The Morgan fingerprint density at radius 2 is 0.492 bits per heavy atom. The van der Waals surface area contributed by atoms with Crippen molar-refractivity contribution in [3.63, 3.8) is 0 Å². The number of rotatable bonds is 8. The largest absolute Gasteiger partial charge is 0.184 e. The molecule has 0 spiro atoms. The predicted molar refractivity (Wildman–Crippen MR) is 256 cm³/mol. The third-order valence-electron chi connectivity index (χ3n) is 12.1. The van der Waals surface area contributed by atoms with Gasteiger partial charge in [-0.15, -0.1) is 0 Å². The smallest absolute Gasteiger partial charge is 0.121 e. The van der Waals surface area contributed by atoms with Gasteiger partial charge >= 0.3 is 0 Å². The number of fused-ring (bicyclic) bond motifs is 2. The Morgan fingerprint density at radius 3 is 0.672 bits per heavy atom. The SMILES string of the molecule is CC(C)(C)c1ccc(-c2ccc(-c3ccc(C(C)(C)C)cc3)c3nn(CCCn4nc5c(-c6ccc(C(C)(C)C)cc6)ccc(-c6ccc(C(C)(C)C)cc6)c5n4)nc23)cc1. The quantitative estimate of drug-likeness (QED) is 0.153. The molecule has 61 heavy (non-hydrogen) atoms. The minimum Gasteiger partial charge on any atom is -0.184 e. The van der Waals surface area contributed by atoms with Crippen molar-refractivity contribution < 1.29 is 0 Å². The van der Waals surface area contributed by atoms with E-state index in [-0.39, 0.29) is 21.7 Å². The Hall–Kier alpha value is -5.88. The fraction of sp³-hybridized carbons (Fsp3) is 0.345. The Labute approximate surface area is 363 Å². The number of hydrogen-bond acceptors (Lipinski definition) is 4. The fourth-order valence-corrected chi connectivity index (χ4v) is 8.16. The van der Waals surface area contributed by atoms with Crippen LogP contribution in [0.2, 0.25) is 0 Å². The van der Waals surface area contributed by atoms with Crippen LogP contribution < -0.4 is 0 Å². The minimum absolute atomic E-state index is 0.0773. The molecule has 6 nitrogen and oxygen atoms in total. The fourth-order valence-electron chi connectivity index (χ4n) is 8.16. The average Bonchev–Trinajstić information content (AvgIpc) is 3.84. The molecule has 0 atom stereocenters. The topological polar surface area (TPSA) is 61.4 Å². The Kier molecular flexibility index (Phi) is 10.7. The molecule has 2 heterocycles. The van der Waals surface area contributed by atoms with Crippen molar-refractivity contribution in [1.29, 1.82) is 0 Å². The van der Waals surface area contributed by atoms with Crippen LogP contribution in [0.1, 0.15) is 112 Å². The lowest BCUT2D eigenvalue weighted by molar-refractivity contribution is 0.444. The summed E-state index contributed by atoms with van der Waals surface area (Å²) in [6, 6.07) is 44.5. The maximum atomic E-state index is 5.19. The highest BCUT2D eigenvalue weighted by molar-refractivity contribution is 6.01. The van der Waals surface area contributed by atoms with E-state index in [0.717, 1.165) is 73.0 Å². The zero-order valence-corrected chi connectivity index (χ0v) is 38.4. The van der Waals surface area contributed by atoms with E-state index in [1.54, 1.807) is 0 Å². The van der Waals surface area contributed by atoms with Crippen LogP contribution in [0.25, 0.3) is 66.6 Å². The van der Waals surface area contributed by atoms with Crippen LogP contribution >= 0.6 is 0 Å².